The van der Waals surface area contributed by atoms with Crippen molar-refractivity contribution in [2.75, 3.05) is 26.3 Å². The van der Waals surface area contributed by atoms with Crippen molar-refractivity contribution >= 4 is 10.7 Å². The maximum absolute atomic E-state index is 9.29. The van der Waals surface area contributed by atoms with Crippen LogP contribution in [0, 0.1) is 0 Å². The second kappa shape index (κ2) is 7.71. The zero-order valence-electron chi connectivity index (χ0n) is 6.28. The SMILES string of the molecule is C1COCCN1.C=C[SH](=O)=O. The second-order valence-electron chi connectivity index (χ2n) is 1.83. The lowest BCUT2D eigenvalue weighted by Gasteiger charge is -2.10. The third-order valence-corrected chi connectivity index (χ3v) is 1.29. The van der Waals surface area contributed by atoms with Gasteiger partial charge in [0.2, 0.25) is 0 Å². The highest BCUT2D eigenvalue weighted by Crippen LogP contribution is 1.76. The Morgan fingerprint density at radius 3 is 1.91 bits per heavy atom. The normalized spacial score (nSPS) is 16.8. The van der Waals surface area contributed by atoms with Crippen LogP contribution in [-0.2, 0) is 15.4 Å². The molecule has 0 aliphatic carbocycles. The molecular formula is C6H13NO3S. The predicted molar refractivity (Wildman–Crippen MR) is 44.2 cm³/mol. The van der Waals surface area contributed by atoms with Gasteiger partial charge in [-0.25, -0.2) is 8.42 Å². The van der Waals surface area contributed by atoms with Crippen molar-refractivity contribution in [1.82, 2.24) is 5.32 Å². The molecule has 1 fully saturated rings. The number of morpholine rings is 1. The van der Waals surface area contributed by atoms with E-state index in [0.717, 1.165) is 31.7 Å². The van der Waals surface area contributed by atoms with Crippen LogP contribution in [0.25, 0.3) is 0 Å². The van der Waals surface area contributed by atoms with E-state index in [2.05, 4.69) is 11.9 Å². The molecule has 1 aliphatic heterocycles. The fourth-order valence-electron chi connectivity index (χ4n) is 0.516. The van der Waals surface area contributed by atoms with E-state index in [1.807, 2.05) is 0 Å². The lowest BCUT2D eigenvalue weighted by atomic mass is 10.5. The van der Waals surface area contributed by atoms with E-state index >= 15 is 0 Å². The quantitative estimate of drug-likeness (QED) is 0.525. The van der Waals surface area contributed by atoms with Crippen LogP contribution in [0.4, 0.5) is 0 Å². The minimum atomic E-state index is -2.33. The number of hydrogen-bond acceptors (Lipinski definition) is 4. The Kier molecular flexibility index (Phi) is 7.44. The fourth-order valence-corrected chi connectivity index (χ4v) is 0.516. The van der Waals surface area contributed by atoms with E-state index in [0.29, 0.717) is 0 Å². The second-order valence-corrected chi connectivity index (χ2v) is 2.77. The molecule has 0 aromatic heterocycles. The summed E-state index contributed by atoms with van der Waals surface area (Å²) in [6.45, 7) is 6.80. The molecule has 0 atom stereocenters. The van der Waals surface area contributed by atoms with Gasteiger partial charge in [-0.15, -0.1) is 0 Å². The van der Waals surface area contributed by atoms with Crippen LogP contribution in [0.2, 0.25) is 0 Å². The molecule has 0 aromatic carbocycles. The van der Waals surface area contributed by atoms with Crippen LogP contribution >= 0.6 is 0 Å². The van der Waals surface area contributed by atoms with Gasteiger partial charge < -0.3 is 10.1 Å². The monoisotopic (exact) mass is 179 g/mol. The van der Waals surface area contributed by atoms with E-state index in [9.17, 15) is 8.42 Å². The van der Waals surface area contributed by atoms with Gasteiger partial charge in [-0.3, -0.25) is 0 Å². The molecule has 1 aliphatic rings. The Balaban J connectivity index is 0.000000187. The van der Waals surface area contributed by atoms with E-state index < -0.39 is 10.7 Å². The number of hydrogen-bond donors (Lipinski definition) is 2. The third kappa shape index (κ3) is 9.61. The third-order valence-electron chi connectivity index (χ3n) is 0.995. The van der Waals surface area contributed by atoms with Gasteiger partial charge in [-0.05, 0) is 0 Å². The summed E-state index contributed by atoms with van der Waals surface area (Å²) in [7, 11) is -2.33. The topological polar surface area (TPSA) is 55.4 Å². The Morgan fingerprint density at radius 1 is 1.36 bits per heavy atom. The lowest BCUT2D eigenvalue weighted by Crippen LogP contribution is -2.30. The summed E-state index contributed by atoms with van der Waals surface area (Å²) in [4.78, 5) is 0. The van der Waals surface area contributed by atoms with Gasteiger partial charge in [0.1, 0.15) is 0 Å². The summed E-state index contributed by atoms with van der Waals surface area (Å²) in [6, 6.07) is 0. The van der Waals surface area contributed by atoms with Crippen LogP contribution in [0.1, 0.15) is 0 Å². The Hall–Kier alpha value is -0.390. The number of nitrogens with one attached hydrogen (secondary N) is 1. The summed E-state index contributed by atoms with van der Waals surface area (Å²) >= 11 is 0. The van der Waals surface area contributed by atoms with Crippen molar-refractivity contribution in [3.63, 3.8) is 0 Å². The molecule has 0 unspecified atom stereocenters. The minimum Gasteiger partial charge on any atom is -0.379 e. The van der Waals surface area contributed by atoms with E-state index in [1.165, 1.54) is 0 Å². The average molecular weight is 179 g/mol. The highest BCUT2D eigenvalue weighted by atomic mass is 32.2. The van der Waals surface area contributed by atoms with Crippen LogP contribution in [0.15, 0.2) is 12.0 Å². The molecule has 66 valence electrons. The van der Waals surface area contributed by atoms with Crippen LogP contribution < -0.4 is 5.32 Å². The minimum absolute atomic E-state index is 0.870. The number of rotatable bonds is 1. The highest BCUT2D eigenvalue weighted by Gasteiger charge is 1.92. The molecule has 0 bridgehead atoms. The Labute approximate surface area is 68.2 Å². The van der Waals surface area contributed by atoms with Gasteiger partial charge in [-0.1, -0.05) is 6.58 Å². The largest absolute Gasteiger partial charge is 0.379 e. The summed E-state index contributed by atoms with van der Waals surface area (Å²) in [5, 5.41) is 4.03. The number of thiol groups is 1. The maximum atomic E-state index is 9.29. The van der Waals surface area contributed by atoms with Crippen molar-refractivity contribution in [2.24, 2.45) is 0 Å². The van der Waals surface area contributed by atoms with Gasteiger partial charge in [0, 0.05) is 18.5 Å². The van der Waals surface area contributed by atoms with Gasteiger partial charge in [0.25, 0.3) is 0 Å². The summed E-state index contributed by atoms with van der Waals surface area (Å²) in [5.41, 5.74) is 0. The molecule has 0 saturated carbocycles. The van der Waals surface area contributed by atoms with E-state index in [-0.39, 0.29) is 0 Å². The summed E-state index contributed by atoms with van der Waals surface area (Å²) in [5.74, 6) is 0. The van der Waals surface area contributed by atoms with Crippen LogP contribution in [0.3, 0.4) is 0 Å². The van der Waals surface area contributed by atoms with Gasteiger partial charge >= 0.3 is 0 Å². The molecule has 11 heavy (non-hydrogen) atoms. The van der Waals surface area contributed by atoms with E-state index in [1.54, 1.807) is 0 Å². The van der Waals surface area contributed by atoms with Crippen molar-refractivity contribution in [3.05, 3.63) is 12.0 Å². The molecular weight excluding hydrogens is 166 g/mol. The molecule has 1 N–H and O–H groups in total. The molecule has 1 saturated heterocycles. The maximum Gasteiger partial charge on any atom is 0.160 e. The van der Waals surface area contributed by atoms with Crippen molar-refractivity contribution in [2.45, 2.75) is 0 Å². The van der Waals surface area contributed by atoms with Gasteiger partial charge in [0.05, 0.1) is 13.2 Å². The molecule has 0 aromatic rings. The molecule has 0 spiro atoms. The Morgan fingerprint density at radius 2 is 1.82 bits per heavy atom. The zero-order chi connectivity index (χ0) is 8.53. The predicted octanol–water partition coefficient (Wildman–Crippen LogP) is -0.653. The summed E-state index contributed by atoms with van der Waals surface area (Å²) in [6.07, 6.45) is 0. The first-order chi connectivity index (χ1) is 5.27. The van der Waals surface area contributed by atoms with E-state index in [4.69, 9.17) is 4.74 Å². The fraction of sp³-hybridized carbons (Fsp3) is 0.667. The average Bonchev–Trinajstić information content (AvgIpc) is 2.09. The standard InChI is InChI=1S/C4H9NO.C2H4O2S/c1-3-6-4-2-5-1;1-2-5(3)4/h5H,1-4H2;2,5H,1H2. The number of ether oxygens (including phenoxy) is 1. The smallest absolute Gasteiger partial charge is 0.160 e. The molecule has 5 heteroatoms. The first-order valence-electron chi connectivity index (χ1n) is 3.32. The van der Waals surface area contributed by atoms with Crippen molar-refractivity contribution < 1.29 is 13.2 Å². The molecule has 4 nitrogen and oxygen atoms in total. The Bertz CT molecular complexity index is 144. The van der Waals surface area contributed by atoms with Crippen molar-refractivity contribution in [1.29, 1.82) is 0 Å². The molecule has 1 heterocycles. The van der Waals surface area contributed by atoms with Crippen molar-refractivity contribution in [3.8, 4) is 0 Å². The van der Waals surface area contributed by atoms with Gasteiger partial charge in [-0.2, -0.15) is 0 Å². The summed E-state index contributed by atoms with van der Waals surface area (Å²) < 4.78 is 23.6. The van der Waals surface area contributed by atoms with Crippen LogP contribution in [-0.4, -0.2) is 34.7 Å². The lowest BCUT2D eigenvalue weighted by molar-refractivity contribution is 0.109. The first kappa shape index (κ1) is 10.6. The molecule has 1 rings (SSSR count). The highest BCUT2D eigenvalue weighted by molar-refractivity contribution is 7.75. The van der Waals surface area contributed by atoms with Crippen LogP contribution in [0.5, 0.6) is 0 Å². The first-order valence-corrected chi connectivity index (χ1v) is 4.56. The molecule has 0 radical (unpaired) electrons. The molecule has 0 amide bonds. The zero-order valence-corrected chi connectivity index (χ0v) is 7.18. The van der Waals surface area contributed by atoms with Gasteiger partial charge in [0.15, 0.2) is 10.7 Å².